The summed E-state index contributed by atoms with van der Waals surface area (Å²) >= 11 is 5.85. The van der Waals surface area contributed by atoms with Gasteiger partial charge in [0.2, 0.25) is 5.90 Å². The number of cyclic esters (lactones) is 1. The molecule has 0 saturated heterocycles. The van der Waals surface area contributed by atoms with E-state index in [9.17, 15) is 14.9 Å². The van der Waals surface area contributed by atoms with Crippen LogP contribution in [0.15, 0.2) is 65.3 Å². The van der Waals surface area contributed by atoms with E-state index < -0.39 is 10.9 Å². The lowest BCUT2D eigenvalue weighted by Crippen LogP contribution is -2.06. The number of carbonyl (C=O) groups is 1. The predicted molar refractivity (Wildman–Crippen MR) is 114 cm³/mol. The van der Waals surface area contributed by atoms with Gasteiger partial charge in [-0.1, -0.05) is 41.9 Å². The maximum atomic E-state index is 12.4. The molecule has 0 bridgehead atoms. The van der Waals surface area contributed by atoms with Gasteiger partial charge >= 0.3 is 5.97 Å². The first-order valence-electron chi connectivity index (χ1n) is 9.09. The van der Waals surface area contributed by atoms with Crippen LogP contribution in [0, 0.1) is 10.1 Å². The Bertz CT molecular complexity index is 1250. The summed E-state index contributed by atoms with van der Waals surface area (Å²) < 4.78 is 11.0. The molecule has 30 heavy (non-hydrogen) atoms. The number of hydrogen-bond acceptors (Lipinski definition) is 6. The summed E-state index contributed by atoms with van der Waals surface area (Å²) in [6.45, 7) is 2.33. The molecule has 3 aromatic carbocycles. The van der Waals surface area contributed by atoms with Crippen LogP contribution in [0.5, 0.6) is 5.75 Å². The molecular weight excluding hydrogens is 408 g/mol. The Kier molecular flexibility index (Phi) is 5.20. The van der Waals surface area contributed by atoms with Gasteiger partial charge in [-0.3, -0.25) is 10.1 Å². The molecule has 3 aromatic rings. The SMILES string of the molecule is CCOc1ccc2ccccc2c1C=C1N=C(c2ccc(Cl)c([N+](=O)[O-])c2)OC1=O. The van der Waals surface area contributed by atoms with Crippen molar-refractivity contribution in [1.29, 1.82) is 0 Å². The summed E-state index contributed by atoms with van der Waals surface area (Å²) in [6, 6.07) is 15.6. The highest BCUT2D eigenvalue weighted by molar-refractivity contribution is 6.32. The minimum absolute atomic E-state index is 0.0125. The Hall–Kier alpha value is -3.71. The van der Waals surface area contributed by atoms with Crippen molar-refractivity contribution >= 4 is 46.0 Å². The summed E-state index contributed by atoms with van der Waals surface area (Å²) in [5, 5.41) is 13.0. The quantitative estimate of drug-likeness (QED) is 0.245. The molecule has 150 valence electrons. The zero-order chi connectivity index (χ0) is 21.3. The average molecular weight is 423 g/mol. The maximum absolute atomic E-state index is 12.4. The van der Waals surface area contributed by atoms with Gasteiger partial charge in [0.25, 0.3) is 5.69 Å². The lowest BCUT2D eigenvalue weighted by molar-refractivity contribution is -0.384. The molecule has 8 heteroatoms. The number of hydrogen-bond donors (Lipinski definition) is 0. The number of carbonyl (C=O) groups excluding carboxylic acids is 1. The molecule has 0 spiro atoms. The molecule has 7 nitrogen and oxygen atoms in total. The van der Waals surface area contributed by atoms with E-state index in [1.807, 2.05) is 43.3 Å². The third-order valence-corrected chi connectivity index (χ3v) is 4.84. The topological polar surface area (TPSA) is 91.0 Å². The van der Waals surface area contributed by atoms with Crippen LogP contribution in [0.2, 0.25) is 5.02 Å². The zero-order valence-corrected chi connectivity index (χ0v) is 16.6. The van der Waals surface area contributed by atoms with Gasteiger partial charge in [0.05, 0.1) is 11.5 Å². The van der Waals surface area contributed by atoms with Gasteiger partial charge in [-0.15, -0.1) is 0 Å². The predicted octanol–water partition coefficient (Wildman–Crippen LogP) is 5.14. The fourth-order valence-electron chi connectivity index (χ4n) is 3.16. The Morgan fingerprint density at radius 2 is 2.00 bits per heavy atom. The summed E-state index contributed by atoms with van der Waals surface area (Å²) in [5.74, 6) is -0.0653. The lowest BCUT2D eigenvalue weighted by Gasteiger charge is -2.10. The molecule has 0 aliphatic carbocycles. The van der Waals surface area contributed by atoms with E-state index in [2.05, 4.69) is 4.99 Å². The first-order chi connectivity index (χ1) is 14.5. The monoisotopic (exact) mass is 422 g/mol. The van der Waals surface area contributed by atoms with Crippen molar-refractivity contribution in [1.82, 2.24) is 0 Å². The Morgan fingerprint density at radius 1 is 1.20 bits per heavy atom. The molecule has 1 heterocycles. The summed E-state index contributed by atoms with van der Waals surface area (Å²) in [7, 11) is 0. The Morgan fingerprint density at radius 3 is 2.77 bits per heavy atom. The second-order valence-corrected chi connectivity index (χ2v) is 6.80. The van der Waals surface area contributed by atoms with Crippen molar-refractivity contribution in [3.63, 3.8) is 0 Å². The summed E-state index contributed by atoms with van der Waals surface area (Å²) in [4.78, 5) is 27.2. The second-order valence-electron chi connectivity index (χ2n) is 6.39. The standard InChI is InChI=1S/C22H15ClN2O5/c1-2-29-20-10-8-13-5-3-4-6-15(13)16(20)12-18-22(26)30-21(24-18)14-7-9-17(23)19(11-14)25(27)28/h3-12H,2H2,1H3. The molecule has 0 radical (unpaired) electrons. The number of ether oxygens (including phenoxy) is 2. The van der Waals surface area contributed by atoms with E-state index in [1.165, 1.54) is 18.2 Å². The lowest BCUT2D eigenvalue weighted by atomic mass is 10.0. The molecular formula is C22H15ClN2O5. The van der Waals surface area contributed by atoms with Crippen molar-refractivity contribution in [2.75, 3.05) is 6.61 Å². The van der Waals surface area contributed by atoms with Crippen LogP contribution < -0.4 is 4.74 Å². The number of nitro benzene ring substituents is 1. The maximum Gasteiger partial charge on any atom is 0.363 e. The van der Waals surface area contributed by atoms with Crippen molar-refractivity contribution in [3.8, 4) is 5.75 Å². The van der Waals surface area contributed by atoms with Crippen LogP contribution in [0.1, 0.15) is 18.1 Å². The number of benzene rings is 3. The number of nitrogens with zero attached hydrogens (tertiary/aromatic N) is 2. The zero-order valence-electron chi connectivity index (χ0n) is 15.8. The van der Waals surface area contributed by atoms with Crippen molar-refractivity contribution in [2.45, 2.75) is 6.92 Å². The van der Waals surface area contributed by atoms with Crippen LogP contribution in [-0.2, 0) is 9.53 Å². The average Bonchev–Trinajstić information content (AvgIpc) is 3.10. The number of esters is 1. The number of aliphatic imine (C=N–C) groups is 1. The van der Waals surface area contributed by atoms with E-state index in [4.69, 9.17) is 21.1 Å². The van der Waals surface area contributed by atoms with E-state index in [-0.39, 0.29) is 27.9 Å². The number of halogens is 1. The fraction of sp³-hybridized carbons (Fsp3) is 0.0909. The van der Waals surface area contributed by atoms with Gasteiger partial charge < -0.3 is 9.47 Å². The largest absolute Gasteiger partial charge is 0.493 e. The molecule has 1 aliphatic rings. The number of nitro groups is 1. The van der Waals surface area contributed by atoms with Gasteiger partial charge in [-0.05, 0) is 42.0 Å². The minimum Gasteiger partial charge on any atom is -0.493 e. The van der Waals surface area contributed by atoms with Crippen molar-refractivity contribution in [3.05, 3.63) is 86.6 Å². The van der Waals surface area contributed by atoms with Crippen LogP contribution in [0.3, 0.4) is 0 Å². The van der Waals surface area contributed by atoms with Crippen molar-refractivity contribution < 1.29 is 19.2 Å². The molecule has 0 saturated carbocycles. The molecule has 0 fully saturated rings. The van der Waals surface area contributed by atoms with Gasteiger partial charge in [-0.25, -0.2) is 9.79 Å². The van der Waals surface area contributed by atoms with Crippen LogP contribution in [0.4, 0.5) is 5.69 Å². The molecule has 0 amide bonds. The number of rotatable bonds is 5. The van der Waals surface area contributed by atoms with E-state index in [0.717, 1.165) is 10.8 Å². The van der Waals surface area contributed by atoms with E-state index in [0.29, 0.717) is 17.9 Å². The Balaban J connectivity index is 1.81. The molecule has 1 aliphatic heterocycles. The third-order valence-electron chi connectivity index (χ3n) is 4.52. The van der Waals surface area contributed by atoms with E-state index >= 15 is 0 Å². The highest BCUT2D eigenvalue weighted by Crippen LogP contribution is 2.32. The minimum atomic E-state index is -0.655. The third kappa shape index (κ3) is 3.62. The first-order valence-corrected chi connectivity index (χ1v) is 9.47. The van der Waals surface area contributed by atoms with Crippen molar-refractivity contribution in [2.24, 2.45) is 4.99 Å². The van der Waals surface area contributed by atoms with Gasteiger partial charge in [0.15, 0.2) is 5.70 Å². The van der Waals surface area contributed by atoms with Crippen LogP contribution in [-0.4, -0.2) is 23.4 Å². The number of fused-ring (bicyclic) bond motifs is 1. The van der Waals surface area contributed by atoms with Crippen LogP contribution >= 0.6 is 11.6 Å². The van der Waals surface area contributed by atoms with Crippen LogP contribution in [0.25, 0.3) is 16.8 Å². The normalized spacial score (nSPS) is 14.7. The summed E-state index contributed by atoms with van der Waals surface area (Å²) in [6.07, 6.45) is 1.60. The fourth-order valence-corrected chi connectivity index (χ4v) is 3.35. The molecule has 4 rings (SSSR count). The molecule has 0 atom stereocenters. The summed E-state index contributed by atoms with van der Waals surface area (Å²) in [5.41, 5.74) is 0.762. The van der Waals surface area contributed by atoms with Gasteiger partial charge in [0, 0.05) is 17.2 Å². The second kappa shape index (κ2) is 7.96. The highest BCUT2D eigenvalue weighted by Gasteiger charge is 2.27. The molecule has 0 unspecified atom stereocenters. The van der Waals surface area contributed by atoms with E-state index in [1.54, 1.807) is 6.08 Å². The molecule has 0 N–H and O–H groups in total. The van der Waals surface area contributed by atoms with Gasteiger partial charge in [-0.2, -0.15) is 0 Å². The first kappa shape index (κ1) is 19.6. The van der Waals surface area contributed by atoms with Gasteiger partial charge in [0.1, 0.15) is 10.8 Å². The highest BCUT2D eigenvalue weighted by atomic mass is 35.5. The molecule has 0 aromatic heterocycles. The Labute approximate surface area is 176 Å². The smallest absolute Gasteiger partial charge is 0.363 e.